The third-order valence-corrected chi connectivity index (χ3v) is 5.78. The summed E-state index contributed by atoms with van der Waals surface area (Å²) in [5, 5.41) is 0. The molecule has 0 fully saturated rings. The first-order valence-corrected chi connectivity index (χ1v) is 12.7. The molecule has 0 aliphatic carbocycles. The van der Waals surface area contributed by atoms with E-state index in [4.69, 9.17) is 13.3 Å². The monoisotopic (exact) mass is 491 g/mol. The van der Waals surface area contributed by atoms with Crippen molar-refractivity contribution >= 4 is 16.0 Å². The van der Waals surface area contributed by atoms with E-state index in [2.05, 4.69) is 0 Å². The molecule has 1 aromatic heterocycles. The highest BCUT2D eigenvalue weighted by molar-refractivity contribution is 7.86. The van der Waals surface area contributed by atoms with Crippen LogP contribution in [0.1, 0.15) is 21.7 Å². The molecule has 0 N–H and O–H groups in total. The van der Waals surface area contributed by atoms with Gasteiger partial charge in [-0.1, -0.05) is 48.5 Å². The van der Waals surface area contributed by atoms with Crippen LogP contribution in [0.3, 0.4) is 0 Å². The largest absolute Gasteiger partial charge is 0.493 e. The minimum atomic E-state index is -3.76. The Balaban J connectivity index is 1.61. The lowest BCUT2D eigenvalue weighted by Gasteiger charge is -2.23. The van der Waals surface area contributed by atoms with E-state index >= 15 is 0 Å². The van der Waals surface area contributed by atoms with Crippen LogP contribution in [-0.4, -0.2) is 32.6 Å². The highest BCUT2D eigenvalue weighted by atomic mass is 32.2. The van der Waals surface area contributed by atoms with Gasteiger partial charge in [0.25, 0.3) is 5.91 Å². The molecule has 1 amide bonds. The summed E-state index contributed by atoms with van der Waals surface area (Å²) < 4.78 is 39.1. The van der Waals surface area contributed by atoms with Gasteiger partial charge in [-0.3, -0.25) is 4.79 Å². The summed E-state index contributed by atoms with van der Waals surface area (Å²) >= 11 is 0. The maximum absolute atomic E-state index is 13.5. The van der Waals surface area contributed by atoms with Crippen LogP contribution in [0.2, 0.25) is 0 Å². The Morgan fingerprint density at radius 3 is 2.20 bits per heavy atom. The molecule has 3 aromatic carbocycles. The predicted molar refractivity (Wildman–Crippen MR) is 133 cm³/mol. The van der Waals surface area contributed by atoms with Gasteiger partial charge in [-0.25, -0.2) is 0 Å². The topological polar surface area (TPSA) is 86.0 Å². The number of carbonyl (C=O) groups is 1. The highest BCUT2D eigenvalue weighted by Gasteiger charge is 2.20. The van der Waals surface area contributed by atoms with Crippen molar-refractivity contribution in [2.75, 3.05) is 13.4 Å². The van der Waals surface area contributed by atoms with Crippen molar-refractivity contribution in [2.24, 2.45) is 0 Å². The van der Waals surface area contributed by atoms with Crippen molar-refractivity contribution in [3.05, 3.63) is 108 Å². The number of amides is 1. The fourth-order valence-electron chi connectivity index (χ4n) is 3.68. The standard InChI is InChI=1S/C27H25NO6S/c1-32-25-15-10-20(17-26(25)34-35(2,30)31)18-28(19-24-9-6-16-33-24)27(29)23-13-11-22(12-14-23)21-7-4-3-5-8-21/h3-17H,18-19H2,1-2H3. The summed E-state index contributed by atoms with van der Waals surface area (Å²) in [4.78, 5) is 15.1. The van der Waals surface area contributed by atoms with Crippen LogP contribution in [0.15, 0.2) is 95.6 Å². The summed E-state index contributed by atoms with van der Waals surface area (Å²) in [7, 11) is -2.33. The fourth-order valence-corrected chi connectivity index (χ4v) is 4.13. The second kappa shape index (κ2) is 10.5. The van der Waals surface area contributed by atoms with E-state index in [0.29, 0.717) is 16.9 Å². The predicted octanol–water partition coefficient (Wildman–Crippen LogP) is 5.14. The van der Waals surface area contributed by atoms with Gasteiger partial charge in [0.15, 0.2) is 11.5 Å². The molecule has 0 unspecified atom stereocenters. The second-order valence-electron chi connectivity index (χ2n) is 7.96. The van der Waals surface area contributed by atoms with Gasteiger partial charge in [0.2, 0.25) is 0 Å². The first-order chi connectivity index (χ1) is 16.8. The average Bonchev–Trinajstić information content (AvgIpc) is 3.36. The molecule has 0 saturated carbocycles. The van der Waals surface area contributed by atoms with Crippen molar-refractivity contribution in [2.45, 2.75) is 13.1 Å². The van der Waals surface area contributed by atoms with E-state index in [1.54, 1.807) is 53.6 Å². The summed E-state index contributed by atoms with van der Waals surface area (Å²) in [6, 6.07) is 25.8. The Labute approximate surface area is 204 Å². The lowest BCUT2D eigenvalue weighted by atomic mass is 10.0. The third kappa shape index (κ3) is 6.30. The number of furan rings is 1. The van der Waals surface area contributed by atoms with Crippen molar-refractivity contribution < 1.29 is 26.5 Å². The number of rotatable bonds is 9. The number of ether oxygens (including phenoxy) is 1. The van der Waals surface area contributed by atoms with E-state index in [1.807, 2.05) is 42.5 Å². The molecule has 4 aromatic rings. The van der Waals surface area contributed by atoms with Crippen molar-refractivity contribution in [3.63, 3.8) is 0 Å². The van der Waals surface area contributed by atoms with Crippen LogP contribution in [0.25, 0.3) is 11.1 Å². The zero-order valence-electron chi connectivity index (χ0n) is 19.4. The molecule has 0 spiro atoms. The normalized spacial score (nSPS) is 11.1. The van der Waals surface area contributed by atoms with Crippen LogP contribution in [0.5, 0.6) is 11.5 Å². The Hall–Kier alpha value is -4.04. The highest BCUT2D eigenvalue weighted by Crippen LogP contribution is 2.30. The van der Waals surface area contributed by atoms with Crippen molar-refractivity contribution in [3.8, 4) is 22.6 Å². The number of carbonyl (C=O) groups excluding carboxylic acids is 1. The number of methoxy groups -OCH3 is 1. The summed E-state index contributed by atoms with van der Waals surface area (Å²) in [5.41, 5.74) is 3.27. The van der Waals surface area contributed by atoms with Crippen molar-refractivity contribution in [1.82, 2.24) is 4.90 Å². The van der Waals surface area contributed by atoms with E-state index in [-0.39, 0.29) is 30.5 Å². The van der Waals surface area contributed by atoms with E-state index < -0.39 is 10.1 Å². The fraction of sp³-hybridized carbons (Fsp3) is 0.148. The molecule has 1 heterocycles. The Morgan fingerprint density at radius 2 is 1.57 bits per heavy atom. The minimum absolute atomic E-state index is 0.0603. The number of nitrogens with zero attached hydrogens (tertiary/aromatic N) is 1. The van der Waals surface area contributed by atoms with Crippen molar-refractivity contribution in [1.29, 1.82) is 0 Å². The van der Waals surface area contributed by atoms with Crippen LogP contribution in [0.4, 0.5) is 0 Å². The quantitative estimate of drug-likeness (QED) is 0.302. The van der Waals surface area contributed by atoms with Gasteiger partial charge in [-0.15, -0.1) is 0 Å². The molecule has 0 aliphatic rings. The van der Waals surface area contributed by atoms with Gasteiger partial charge in [0, 0.05) is 12.1 Å². The maximum atomic E-state index is 13.5. The molecule has 0 aliphatic heterocycles. The molecule has 35 heavy (non-hydrogen) atoms. The minimum Gasteiger partial charge on any atom is -0.493 e. The number of hydrogen-bond donors (Lipinski definition) is 0. The maximum Gasteiger partial charge on any atom is 0.306 e. The third-order valence-electron chi connectivity index (χ3n) is 5.30. The number of hydrogen-bond acceptors (Lipinski definition) is 6. The van der Waals surface area contributed by atoms with Crippen LogP contribution in [-0.2, 0) is 23.2 Å². The lowest BCUT2D eigenvalue weighted by Crippen LogP contribution is -2.30. The SMILES string of the molecule is COc1ccc(CN(Cc2ccco2)C(=O)c2ccc(-c3ccccc3)cc2)cc1OS(C)(=O)=O. The van der Waals surface area contributed by atoms with Gasteiger partial charge in [0.1, 0.15) is 5.76 Å². The van der Waals surface area contributed by atoms with E-state index in [0.717, 1.165) is 17.4 Å². The van der Waals surface area contributed by atoms with E-state index in [1.165, 1.54) is 7.11 Å². The molecular weight excluding hydrogens is 466 g/mol. The summed E-state index contributed by atoms with van der Waals surface area (Å²) in [6.45, 7) is 0.435. The molecule has 0 bridgehead atoms. The molecule has 0 saturated heterocycles. The summed E-state index contributed by atoms with van der Waals surface area (Å²) in [5.74, 6) is 0.771. The first-order valence-electron chi connectivity index (χ1n) is 10.9. The first kappa shape index (κ1) is 24.1. The van der Waals surface area contributed by atoms with Gasteiger partial charge in [0.05, 0.1) is 26.2 Å². The second-order valence-corrected chi connectivity index (χ2v) is 9.53. The van der Waals surface area contributed by atoms with Crippen LogP contribution < -0.4 is 8.92 Å². The number of benzene rings is 3. The Morgan fingerprint density at radius 1 is 0.857 bits per heavy atom. The average molecular weight is 492 g/mol. The van der Waals surface area contributed by atoms with Gasteiger partial charge in [-0.2, -0.15) is 8.42 Å². The molecule has 7 nitrogen and oxygen atoms in total. The van der Waals surface area contributed by atoms with Crippen LogP contribution in [0, 0.1) is 0 Å². The Bertz CT molecular complexity index is 1380. The summed E-state index contributed by atoms with van der Waals surface area (Å²) in [6.07, 6.45) is 2.52. The molecule has 180 valence electrons. The van der Waals surface area contributed by atoms with Gasteiger partial charge < -0.3 is 18.2 Å². The smallest absolute Gasteiger partial charge is 0.306 e. The van der Waals surface area contributed by atoms with Crippen LogP contribution >= 0.6 is 0 Å². The molecular formula is C27H25NO6S. The molecule has 4 rings (SSSR count). The zero-order valence-corrected chi connectivity index (χ0v) is 20.2. The van der Waals surface area contributed by atoms with Gasteiger partial charge in [-0.05, 0) is 53.1 Å². The zero-order chi connectivity index (χ0) is 24.8. The van der Waals surface area contributed by atoms with E-state index in [9.17, 15) is 13.2 Å². The Kier molecular flexibility index (Phi) is 7.22. The molecule has 8 heteroatoms. The molecule has 0 radical (unpaired) electrons. The van der Waals surface area contributed by atoms with Gasteiger partial charge >= 0.3 is 10.1 Å². The molecule has 0 atom stereocenters. The lowest BCUT2D eigenvalue weighted by molar-refractivity contribution is 0.0717.